The van der Waals surface area contributed by atoms with Crippen molar-refractivity contribution in [3.63, 3.8) is 0 Å². The van der Waals surface area contributed by atoms with Gasteiger partial charge in [-0.15, -0.1) is 11.3 Å². The fraction of sp³-hybridized carbons (Fsp3) is 0.222. The van der Waals surface area contributed by atoms with Gasteiger partial charge in [-0.25, -0.2) is 4.98 Å². The van der Waals surface area contributed by atoms with Gasteiger partial charge in [0.1, 0.15) is 16.6 Å². The van der Waals surface area contributed by atoms with Gasteiger partial charge in [0.2, 0.25) is 0 Å². The van der Waals surface area contributed by atoms with Crippen LogP contribution in [0.2, 0.25) is 5.15 Å². The Bertz CT molecular complexity index is 540. The smallest absolute Gasteiger partial charge is 0.162 e. The summed E-state index contributed by atoms with van der Waals surface area (Å²) in [6.07, 6.45) is 0. The monoisotopic (exact) mass is 270 g/mol. The highest BCUT2D eigenvalue weighted by Crippen LogP contribution is 2.28. The molecule has 0 aliphatic carbocycles. The number of hydrogen-bond acceptors (Lipinski definition) is 6. The third-order valence-corrected chi connectivity index (χ3v) is 4.13. The fourth-order valence-electron chi connectivity index (χ4n) is 1.14. The molecule has 0 aliphatic rings. The first-order valence-corrected chi connectivity index (χ1v) is 6.43. The molecule has 0 amide bonds. The molecule has 0 saturated heterocycles. The van der Waals surface area contributed by atoms with Gasteiger partial charge in [-0.3, -0.25) is 0 Å². The van der Waals surface area contributed by atoms with Gasteiger partial charge in [0.25, 0.3) is 0 Å². The van der Waals surface area contributed by atoms with Gasteiger partial charge in [-0.05, 0) is 18.5 Å². The molecule has 0 spiro atoms. The van der Waals surface area contributed by atoms with Crippen molar-refractivity contribution in [2.75, 3.05) is 5.32 Å². The number of hydrogen-bond donors (Lipinski definition) is 1. The van der Waals surface area contributed by atoms with E-state index in [1.165, 1.54) is 11.5 Å². The zero-order chi connectivity index (χ0) is 11.5. The predicted octanol–water partition coefficient (Wildman–Crippen LogP) is 3.05. The van der Waals surface area contributed by atoms with Crippen LogP contribution < -0.4 is 5.32 Å². The van der Waals surface area contributed by atoms with Crippen molar-refractivity contribution in [2.45, 2.75) is 13.5 Å². The minimum Gasteiger partial charge on any atom is -0.370 e. The van der Waals surface area contributed by atoms with E-state index in [1.807, 2.05) is 13.0 Å². The van der Waals surface area contributed by atoms with E-state index in [2.05, 4.69) is 14.7 Å². The van der Waals surface area contributed by atoms with Crippen molar-refractivity contribution >= 4 is 39.5 Å². The van der Waals surface area contributed by atoms with Crippen molar-refractivity contribution in [1.82, 2.24) is 9.36 Å². The first kappa shape index (κ1) is 11.3. The highest BCUT2D eigenvalue weighted by molar-refractivity contribution is 7.11. The molecule has 0 aliphatic heterocycles. The van der Waals surface area contributed by atoms with E-state index >= 15 is 0 Å². The molecule has 0 unspecified atom stereocenters. The summed E-state index contributed by atoms with van der Waals surface area (Å²) in [5, 5.41) is 13.0. The number of thiazole rings is 1. The Kier molecular flexibility index (Phi) is 3.39. The van der Waals surface area contributed by atoms with Crippen LogP contribution >= 0.6 is 34.5 Å². The quantitative estimate of drug-likeness (QED) is 0.931. The Morgan fingerprint density at radius 2 is 2.44 bits per heavy atom. The molecule has 2 rings (SSSR count). The van der Waals surface area contributed by atoms with E-state index in [0.717, 1.165) is 10.6 Å². The summed E-state index contributed by atoms with van der Waals surface area (Å²) in [5.74, 6) is 0. The summed E-state index contributed by atoms with van der Waals surface area (Å²) in [4.78, 5) is 5.30. The molecule has 7 heteroatoms. The van der Waals surface area contributed by atoms with Crippen molar-refractivity contribution in [2.24, 2.45) is 0 Å². The third-order valence-electron chi connectivity index (χ3n) is 2.02. The minimum atomic E-state index is 0.260. The Morgan fingerprint density at radius 1 is 1.62 bits per heavy atom. The van der Waals surface area contributed by atoms with Crippen LogP contribution in [0.3, 0.4) is 0 Å². The molecule has 1 N–H and O–H groups in total. The molecular formula is C9H7ClN4S2. The van der Waals surface area contributed by atoms with Crippen LogP contribution in [0, 0.1) is 18.3 Å². The van der Waals surface area contributed by atoms with E-state index in [0.29, 0.717) is 17.1 Å². The molecule has 0 saturated carbocycles. The first-order chi connectivity index (χ1) is 7.72. The Labute approximate surface area is 106 Å². The van der Waals surface area contributed by atoms with E-state index in [4.69, 9.17) is 16.9 Å². The molecule has 0 radical (unpaired) electrons. The highest BCUT2D eigenvalue weighted by Gasteiger charge is 2.11. The lowest BCUT2D eigenvalue weighted by molar-refractivity contribution is 1.13. The number of nitrogens with one attached hydrogen (secondary N) is 1. The lowest BCUT2D eigenvalue weighted by Gasteiger charge is -2.01. The molecule has 82 valence electrons. The fourth-order valence-corrected chi connectivity index (χ4v) is 2.79. The highest BCUT2D eigenvalue weighted by atomic mass is 35.5. The van der Waals surface area contributed by atoms with Crippen LogP contribution in [-0.2, 0) is 6.54 Å². The standard InChI is InChI=1S/C9H7ClN4S2/c1-5-7(15-4-13-5)3-12-9-6(2-11)8(10)14-16-9/h4,12H,3H2,1H3. The van der Waals surface area contributed by atoms with Crippen molar-refractivity contribution in [3.8, 4) is 6.07 Å². The van der Waals surface area contributed by atoms with Crippen LogP contribution in [0.1, 0.15) is 16.1 Å². The zero-order valence-corrected chi connectivity index (χ0v) is 10.7. The summed E-state index contributed by atoms with van der Waals surface area (Å²) in [7, 11) is 0. The first-order valence-electron chi connectivity index (χ1n) is 4.40. The van der Waals surface area contributed by atoms with E-state index in [9.17, 15) is 0 Å². The van der Waals surface area contributed by atoms with Crippen LogP contribution in [0.15, 0.2) is 5.51 Å². The second-order valence-electron chi connectivity index (χ2n) is 3.00. The number of anilines is 1. The molecule has 16 heavy (non-hydrogen) atoms. The maximum Gasteiger partial charge on any atom is 0.162 e. The van der Waals surface area contributed by atoms with Crippen LogP contribution in [0.4, 0.5) is 5.00 Å². The molecule has 2 aromatic heterocycles. The molecule has 0 bridgehead atoms. The van der Waals surface area contributed by atoms with Gasteiger partial charge in [-0.2, -0.15) is 9.64 Å². The van der Waals surface area contributed by atoms with E-state index < -0.39 is 0 Å². The molecule has 2 aromatic rings. The van der Waals surface area contributed by atoms with Crippen molar-refractivity contribution < 1.29 is 0 Å². The van der Waals surface area contributed by atoms with Gasteiger partial charge in [0.05, 0.1) is 17.7 Å². The van der Waals surface area contributed by atoms with E-state index in [1.54, 1.807) is 16.8 Å². The largest absolute Gasteiger partial charge is 0.370 e. The van der Waals surface area contributed by atoms with Gasteiger partial charge in [-0.1, -0.05) is 11.6 Å². The molecule has 0 aromatic carbocycles. The summed E-state index contributed by atoms with van der Waals surface area (Å²) in [6, 6.07) is 2.03. The lowest BCUT2D eigenvalue weighted by atomic mass is 10.3. The van der Waals surface area contributed by atoms with Crippen molar-refractivity contribution in [1.29, 1.82) is 5.26 Å². The van der Waals surface area contributed by atoms with Gasteiger partial charge < -0.3 is 5.32 Å². The van der Waals surface area contributed by atoms with E-state index in [-0.39, 0.29) is 5.15 Å². The number of nitriles is 1. The molecular weight excluding hydrogens is 264 g/mol. The minimum absolute atomic E-state index is 0.260. The summed E-state index contributed by atoms with van der Waals surface area (Å²) in [5.41, 5.74) is 3.22. The predicted molar refractivity (Wildman–Crippen MR) is 66.0 cm³/mol. The molecule has 0 fully saturated rings. The summed E-state index contributed by atoms with van der Waals surface area (Å²) >= 11 is 8.54. The maximum absolute atomic E-state index is 8.88. The second-order valence-corrected chi connectivity index (χ2v) is 5.07. The number of aryl methyl sites for hydroxylation is 1. The molecule has 0 atom stereocenters. The number of aromatic nitrogens is 2. The molecule has 2 heterocycles. The number of nitrogens with zero attached hydrogens (tertiary/aromatic N) is 3. The number of halogens is 1. The van der Waals surface area contributed by atoms with Crippen LogP contribution in [0.25, 0.3) is 0 Å². The SMILES string of the molecule is Cc1ncsc1CNc1snc(Cl)c1C#N. The number of rotatable bonds is 3. The van der Waals surface area contributed by atoms with Gasteiger partial charge in [0, 0.05) is 4.88 Å². The average molecular weight is 271 g/mol. The Balaban J connectivity index is 2.11. The summed E-state index contributed by atoms with van der Waals surface area (Å²) in [6.45, 7) is 2.60. The third kappa shape index (κ3) is 2.16. The Morgan fingerprint density at radius 3 is 3.06 bits per heavy atom. The maximum atomic E-state index is 8.88. The molecule has 4 nitrogen and oxygen atoms in total. The van der Waals surface area contributed by atoms with Gasteiger partial charge >= 0.3 is 0 Å². The average Bonchev–Trinajstić information content (AvgIpc) is 2.82. The van der Waals surface area contributed by atoms with Crippen molar-refractivity contribution in [3.05, 3.63) is 26.8 Å². The lowest BCUT2D eigenvalue weighted by Crippen LogP contribution is -1.98. The second kappa shape index (κ2) is 4.78. The summed E-state index contributed by atoms with van der Waals surface area (Å²) < 4.78 is 3.92. The normalized spacial score (nSPS) is 10.1. The van der Waals surface area contributed by atoms with Gasteiger partial charge in [0.15, 0.2) is 5.15 Å². The Hall–Kier alpha value is -1.16. The van der Waals surface area contributed by atoms with Crippen LogP contribution in [0.5, 0.6) is 0 Å². The topological polar surface area (TPSA) is 61.6 Å². The zero-order valence-electron chi connectivity index (χ0n) is 8.32. The van der Waals surface area contributed by atoms with Crippen LogP contribution in [-0.4, -0.2) is 9.36 Å².